The van der Waals surface area contributed by atoms with Gasteiger partial charge < -0.3 is 9.84 Å². The fourth-order valence-electron chi connectivity index (χ4n) is 2.69. The second-order valence-corrected chi connectivity index (χ2v) is 4.74. The second kappa shape index (κ2) is 3.72. The molecule has 0 atom stereocenters. The number of carboxylic acids is 1. The molecule has 1 aromatic rings. The highest BCUT2D eigenvalue weighted by Gasteiger charge is 2.45. The molecule has 0 bridgehead atoms. The molecule has 0 spiro atoms. The van der Waals surface area contributed by atoms with Gasteiger partial charge in [0.15, 0.2) is 5.82 Å². The number of aromatic nitrogens is 3. The zero-order valence-electron chi connectivity index (χ0n) is 9.56. The molecule has 1 aliphatic carbocycles. The van der Waals surface area contributed by atoms with E-state index < -0.39 is 11.4 Å². The maximum Gasteiger partial charge on any atom is 0.317 e. The average molecular weight is 237 g/mol. The second-order valence-electron chi connectivity index (χ2n) is 4.74. The lowest BCUT2D eigenvalue weighted by molar-refractivity contribution is -0.145. The van der Waals surface area contributed by atoms with Crippen LogP contribution in [0.1, 0.15) is 37.9 Å². The van der Waals surface area contributed by atoms with E-state index in [-0.39, 0.29) is 0 Å². The molecule has 1 aromatic heterocycles. The summed E-state index contributed by atoms with van der Waals surface area (Å²) in [5.74, 6) is -0.374. The van der Waals surface area contributed by atoms with Crippen LogP contribution in [0.5, 0.6) is 6.01 Å². The van der Waals surface area contributed by atoms with Gasteiger partial charge in [0, 0.05) is 0 Å². The van der Waals surface area contributed by atoms with Crippen LogP contribution in [0.2, 0.25) is 0 Å². The van der Waals surface area contributed by atoms with E-state index in [4.69, 9.17) is 4.74 Å². The van der Waals surface area contributed by atoms with Gasteiger partial charge in [-0.05, 0) is 12.8 Å². The first-order chi connectivity index (χ1) is 8.22. The van der Waals surface area contributed by atoms with Gasteiger partial charge in [0.25, 0.3) is 0 Å². The van der Waals surface area contributed by atoms with Gasteiger partial charge in [-0.3, -0.25) is 4.79 Å². The van der Waals surface area contributed by atoms with E-state index >= 15 is 0 Å². The van der Waals surface area contributed by atoms with Crippen molar-refractivity contribution in [3.8, 4) is 6.01 Å². The van der Waals surface area contributed by atoms with Crippen LogP contribution < -0.4 is 4.74 Å². The summed E-state index contributed by atoms with van der Waals surface area (Å²) in [6.45, 7) is 1.24. The minimum Gasteiger partial charge on any atom is -0.480 e. The summed E-state index contributed by atoms with van der Waals surface area (Å²) < 4.78 is 6.95. The summed E-state index contributed by atoms with van der Waals surface area (Å²) in [6.07, 6.45) is 4.21. The lowest BCUT2D eigenvalue weighted by Gasteiger charge is -2.30. The van der Waals surface area contributed by atoms with Gasteiger partial charge >= 0.3 is 12.0 Å². The molecule has 1 N–H and O–H groups in total. The number of rotatable bonds is 2. The summed E-state index contributed by atoms with van der Waals surface area (Å²) in [6, 6.07) is 0.464. The van der Waals surface area contributed by atoms with Crippen molar-refractivity contribution < 1.29 is 14.6 Å². The van der Waals surface area contributed by atoms with E-state index in [1.54, 1.807) is 4.68 Å². The van der Waals surface area contributed by atoms with E-state index in [0.717, 1.165) is 19.3 Å². The fraction of sp³-hybridized carbons (Fsp3) is 0.727. The Kier molecular flexibility index (Phi) is 2.31. The molecule has 6 nitrogen and oxygen atoms in total. The summed E-state index contributed by atoms with van der Waals surface area (Å²) in [7, 11) is 0. The van der Waals surface area contributed by atoms with E-state index in [1.807, 2.05) is 0 Å². The van der Waals surface area contributed by atoms with Gasteiger partial charge in [-0.2, -0.15) is 10.1 Å². The molecule has 0 aromatic carbocycles. The van der Waals surface area contributed by atoms with E-state index in [0.29, 0.717) is 37.8 Å². The fourth-order valence-corrected chi connectivity index (χ4v) is 2.69. The predicted octanol–water partition coefficient (Wildman–Crippen LogP) is 0.957. The molecule has 1 saturated carbocycles. The minimum atomic E-state index is -0.890. The molecule has 1 fully saturated rings. The van der Waals surface area contributed by atoms with E-state index in [9.17, 15) is 9.90 Å². The Balaban J connectivity index is 2.00. The van der Waals surface area contributed by atoms with Crippen molar-refractivity contribution in [2.75, 3.05) is 6.61 Å². The largest absolute Gasteiger partial charge is 0.480 e. The Morgan fingerprint density at radius 1 is 1.35 bits per heavy atom. The number of ether oxygens (including phenoxy) is 1. The first kappa shape index (κ1) is 10.6. The molecule has 0 amide bonds. The highest BCUT2D eigenvalue weighted by Crippen LogP contribution is 2.39. The zero-order valence-corrected chi connectivity index (χ0v) is 9.56. The zero-order chi connectivity index (χ0) is 11.9. The standard InChI is InChI=1S/C11H15N3O3/c15-9(16)11(4-2-1-3-5-11)8-12-10-14(13-8)6-7-17-10/h1-7H2,(H,15,16). The van der Waals surface area contributed by atoms with Crippen LogP contribution >= 0.6 is 0 Å². The van der Waals surface area contributed by atoms with Gasteiger partial charge in [-0.15, -0.1) is 0 Å². The van der Waals surface area contributed by atoms with E-state index in [1.165, 1.54) is 0 Å². The van der Waals surface area contributed by atoms with Gasteiger partial charge in [0.1, 0.15) is 12.0 Å². The van der Waals surface area contributed by atoms with Crippen molar-refractivity contribution in [3.05, 3.63) is 5.82 Å². The molecule has 6 heteroatoms. The van der Waals surface area contributed by atoms with Crippen LogP contribution in [0.15, 0.2) is 0 Å². The third-order valence-electron chi connectivity index (χ3n) is 3.72. The van der Waals surface area contributed by atoms with Gasteiger partial charge in [0.05, 0.1) is 6.54 Å². The first-order valence-electron chi connectivity index (χ1n) is 6.04. The molecule has 2 aliphatic rings. The number of hydrogen-bond donors (Lipinski definition) is 1. The summed E-state index contributed by atoms with van der Waals surface area (Å²) in [5.41, 5.74) is -0.890. The van der Waals surface area contributed by atoms with E-state index in [2.05, 4.69) is 10.1 Å². The monoisotopic (exact) mass is 237 g/mol. The van der Waals surface area contributed by atoms with Crippen molar-refractivity contribution in [2.24, 2.45) is 0 Å². The van der Waals surface area contributed by atoms with Gasteiger partial charge in [-0.1, -0.05) is 19.3 Å². The third-order valence-corrected chi connectivity index (χ3v) is 3.72. The van der Waals surface area contributed by atoms with Crippen LogP contribution in [0, 0.1) is 0 Å². The molecule has 0 unspecified atom stereocenters. The van der Waals surface area contributed by atoms with Crippen LogP contribution in [-0.4, -0.2) is 32.4 Å². The van der Waals surface area contributed by atoms with Crippen molar-refractivity contribution in [2.45, 2.75) is 44.1 Å². The maximum atomic E-state index is 11.6. The quantitative estimate of drug-likeness (QED) is 0.828. The Morgan fingerprint density at radius 3 is 2.76 bits per heavy atom. The van der Waals surface area contributed by atoms with Crippen LogP contribution in [-0.2, 0) is 16.8 Å². The van der Waals surface area contributed by atoms with Crippen LogP contribution in [0.25, 0.3) is 0 Å². The van der Waals surface area contributed by atoms with Gasteiger partial charge in [0.2, 0.25) is 0 Å². The lowest BCUT2D eigenvalue weighted by atomic mass is 9.73. The number of carboxylic acid groups (broad SMARTS) is 1. The number of carbonyl (C=O) groups is 1. The Hall–Kier alpha value is -1.59. The lowest BCUT2D eigenvalue weighted by Crippen LogP contribution is -2.39. The van der Waals surface area contributed by atoms with Crippen molar-refractivity contribution >= 4 is 5.97 Å². The summed E-state index contributed by atoms with van der Waals surface area (Å²) >= 11 is 0. The average Bonchev–Trinajstić information content (AvgIpc) is 2.89. The summed E-state index contributed by atoms with van der Waals surface area (Å²) in [4.78, 5) is 15.8. The smallest absolute Gasteiger partial charge is 0.317 e. The van der Waals surface area contributed by atoms with Crippen LogP contribution in [0.3, 0.4) is 0 Å². The minimum absolute atomic E-state index is 0.430. The molecular formula is C11H15N3O3. The molecule has 0 radical (unpaired) electrons. The molecule has 3 rings (SSSR count). The third kappa shape index (κ3) is 1.50. The molecule has 2 heterocycles. The van der Waals surface area contributed by atoms with Crippen molar-refractivity contribution in [3.63, 3.8) is 0 Å². The normalized spacial score (nSPS) is 21.9. The van der Waals surface area contributed by atoms with Gasteiger partial charge in [-0.25, -0.2) is 4.68 Å². The van der Waals surface area contributed by atoms with Crippen molar-refractivity contribution in [1.29, 1.82) is 0 Å². The predicted molar refractivity (Wildman–Crippen MR) is 57.9 cm³/mol. The Morgan fingerprint density at radius 2 is 2.12 bits per heavy atom. The summed E-state index contributed by atoms with van der Waals surface area (Å²) in [5, 5.41) is 13.8. The maximum absolute atomic E-state index is 11.6. The number of fused-ring (bicyclic) bond motifs is 1. The Labute approximate surface area is 98.6 Å². The Bertz CT molecular complexity index is 427. The van der Waals surface area contributed by atoms with Crippen LogP contribution in [0.4, 0.5) is 0 Å². The molecule has 1 aliphatic heterocycles. The topological polar surface area (TPSA) is 77.2 Å². The number of aliphatic carboxylic acids is 1. The first-order valence-corrected chi connectivity index (χ1v) is 6.04. The highest BCUT2D eigenvalue weighted by molar-refractivity contribution is 5.80. The molecule has 17 heavy (non-hydrogen) atoms. The SMILES string of the molecule is O=C(O)C1(c2nc3n(n2)CCO3)CCCCC1. The molecule has 92 valence electrons. The molecular weight excluding hydrogens is 222 g/mol. The molecule has 0 saturated heterocycles. The number of nitrogens with zero attached hydrogens (tertiary/aromatic N) is 3. The number of hydrogen-bond acceptors (Lipinski definition) is 4. The van der Waals surface area contributed by atoms with Crippen molar-refractivity contribution in [1.82, 2.24) is 14.8 Å². The highest BCUT2D eigenvalue weighted by atomic mass is 16.5.